The van der Waals surface area contributed by atoms with Crippen LogP contribution in [0.25, 0.3) is 0 Å². The molecule has 1 aromatic carbocycles. The smallest absolute Gasteiger partial charge is 0.383 e. The van der Waals surface area contributed by atoms with Crippen molar-refractivity contribution < 1.29 is 13.2 Å². The first-order chi connectivity index (χ1) is 7.45. The first kappa shape index (κ1) is 13.3. The minimum Gasteiger partial charge on any atom is -0.383 e. The fourth-order valence-electron chi connectivity index (χ4n) is 1.23. The molecule has 0 unspecified atom stereocenters. The van der Waals surface area contributed by atoms with Crippen molar-refractivity contribution >= 4 is 21.6 Å². The average Bonchev–Trinajstić information content (AvgIpc) is 2.19. The Hall–Kier alpha value is -0.750. The molecular weight excluding hydrogens is 285 g/mol. The second kappa shape index (κ2) is 5.54. The van der Waals surface area contributed by atoms with Crippen LogP contribution in [-0.2, 0) is 6.18 Å². The van der Waals surface area contributed by atoms with E-state index >= 15 is 0 Å². The molecule has 6 heteroatoms. The third-order valence-corrected chi connectivity index (χ3v) is 2.47. The van der Waals surface area contributed by atoms with Crippen LogP contribution in [0.4, 0.5) is 18.9 Å². The fourth-order valence-corrected chi connectivity index (χ4v) is 1.59. The summed E-state index contributed by atoms with van der Waals surface area (Å²) in [6, 6.07) is 4.07. The number of benzene rings is 1. The van der Waals surface area contributed by atoms with Gasteiger partial charge in [-0.3, -0.25) is 0 Å². The van der Waals surface area contributed by atoms with Crippen molar-refractivity contribution in [1.82, 2.24) is 5.32 Å². The topological polar surface area (TPSA) is 24.1 Å². The molecule has 0 saturated heterocycles. The molecule has 0 aliphatic carbocycles. The van der Waals surface area contributed by atoms with Crippen molar-refractivity contribution in [2.24, 2.45) is 0 Å². The first-order valence-electron chi connectivity index (χ1n) is 4.70. The first-order valence-corrected chi connectivity index (χ1v) is 5.49. The van der Waals surface area contributed by atoms with E-state index in [1.54, 1.807) is 13.1 Å². The number of rotatable bonds is 4. The summed E-state index contributed by atoms with van der Waals surface area (Å²) in [6.45, 7) is 1.05. The summed E-state index contributed by atoms with van der Waals surface area (Å²) in [6.07, 6.45) is -4.34. The van der Waals surface area contributed by atoms with Crippen LogP contribution in [0.15, 0.2) is 22.7 Å². The third kappa shape index (κ3) is 3.68. The van der Waals surface area contributed by atoms with Gasteiger partial charge in [-0.25, -0.2) is 0 Å². The van der Waals surface area contributed by atoms with Crippen molar-refractivity contribution in [2.45, 2.75) is 6.18 Å². The zero-order valence-electron chi connectivity index (χ0n) is 8.66. The summed E-state index contributed by atoms with van der Waals surface area (Å²) in [7, 11) is 1.74. The molecule has 1 rings (SSSR count). The maximum atomic E-state index is 12.7. The highest BCUT2D eigenvalue weighted by molar-refractivity contribution is 9.10. The lowest BCUT2D eigenvalue weighted by molar-refractivity contribution is -0.137. The van der Waals surface area contributed by atoms with Gasteiger partial charge >= 0.3 is 6.18 Å². The standard InChI is InChI=1S/C10H12BrF3N2/c1-15-4-5-16-9-3-2-7(11)6-8(9)10(12,13)14/h2-3,6,15-16H,4-5H2,1H3. The van der Waals surface area contributed by atoms with Crippen molar-refractivity contribution in [3.8, 4) is 0 Å². The van der Waals surface area contributed by atoms with Crippen molar-refractivity contribution in [3.05, 3.63) is 28.2 Å². The highest BCUT2D eigenvalue weighted by Gasteiger charge is 2.33. The molecule has 0 bridgehead atoms. The van der Waals surface area contributed by atoms with Crippen molar-refractivity contribution in [1.29, 1.82) is 0 Å². The van der Waals surface area contributed by atoms with Crippen LogP contribution in [-0.4, -0.2) is 20.1 Å². The van der Waals surface area contributed by atoms with Gasteiger partial charge in [0.2, 0.25) is 0 Å². The molecule has 16 heavy (non-hydrogen) atoms. The van der Waals surface area contributed by atoms with Gasteiger partial charge in [-0.15, -0.1) is 0 Å². The third-order valence-electron chi connectivity index (χ3n) is 1.98. The van der Waals surface area contributed by atoms with Gasteiger partial charge in [0, 0.05) is 23.2 Å². The van der Waals surface area contributed by atoms with E-state index < -0.39 is 11.7 Å². The van der Waals surface area contributed by atoms with Crippen LogP contribution < -0.4 is 10.6 Å². The molecule has 1 aromatic rings. The Labute approximate surface area is 100 Å². The average molecular weight is 297 g/mol. The summed E-state index contributed by atoms with van der Waals surface area (Å²) in [5.74, 6) is 0. The highest BCUT2D eigenvalue weighted by atomic mass is 79.9. The monoisotopic (exact) mass is 296 g/mol. The molecule has 0 aliphatic rings. The van der Waals surface area contributed by atoms with E-state index in [1.165, 1.54) is 6.07 Å². The zero-order valence-corrected chi connectivity index (χ0v) is 10.2. The van der Waals surface area contributed by atoms with E-state index in [0.717, 1.165) is 6.07 Å². The molecule has 90 valence electrons. The zero-order chi connectivity index (χ0) is 12.2. The lowest BCUT2D eigenvalue weighted by atomic mass is 10.1. The van der Waals surface area contributed by atoms with Crippen molar-refractivity contribution in [2.75, 3.05) is 25.5 Å². The summed E-state index contributed by atoms with van der Waals surface area (Å²) in [5.41, 5.74) is -0.552. The Morgan fingerprint density at radius 1 is 1.25 bits per heavy atom. The van der Waals surface area contributed by atoms with Gasteiger partial charge in [-0.1, -0.05) is 15.9 Å². The van der Waals surface area contributed by atoms with Gasteiger partial charge in [0.15, 0.2) is 0 Å². The lowest BCUT2D eigenvalue weighted by Crippen LogP contribution is -2.19. The Morgan fingerprint density at radius 2 is 1.94 bits per heavy atom. The molecule has 0 amide bonds. The summed E-state index contributed by atoms with van der Waals surface area (Å²) < 4.78 is 38.4. The Bertz CT molecular complexity index is 352. The number of nitrogens with one attached hydrogen (secondary N) is 2. The molecule has 0 heterocycles. The van der Waals surface area contributed by atoms with E-state index in [1.807, 2.05) is 0 Å². The normalized spacial score (nSPS) is 11.6. The van der Waals surface area contributed by atoms with Gasteiger partial charge in [0.1, 0.15) is 0 Å². The number of hydrogen-bond donors (Lipinski definition) is 2. The number of alkyl halides is 3. The Kier molecular flexibility index (Phi) is 4.61. The molecule has 0 fully saturated rings. The molecule has 0 aromatic heterocycles. The quantitative estimate of drug-likeness (QED) is 0.835. The van der Waals surface area contributed by atoms with Gasteiger partial charge in [0.05, 0.1) is 5.56 Å². The second-order valence-corrected chi connectivity index (χ2v) is 4.13. The molecule has 0 spiro atoms. The predicted molar refractivity (Wildman–Crippen MR) is 61.6 cm³/mol. The van der Waals surface area contributed by atoms with Crippen LogP contribution in [0.1, 0.15) is 5.56 Å². The van der Waals surface area contributed by atoms with Crippen LogP contribution in [0.3, 0.4) is 0 Å². The van der Waals surface area contributed by atoms with E-state index in [9.17, 15) is 13.2 Å². The molecule has 2 nitrogen and oxygen atoms in total. The molecule has 2 N–H and O–H groups in total. The van der Waals surface area contributed by atoms with E-state index in [-0.39, 0.29) is 5.69 Å². The number of likely N-dealkylation sites (N-methyl/N-ethyl adjacent to an activating group) is 1. The number of halogens is 4. The number of anilines is 1. The van der Waals surface area contributed by atoms with Gasteiger partial charge < -0.3 is 10.6 Å². The second-order valence-electron chi connectivity index (χ2n) is 3.22. The van der Waals surface area contributed by atoms with Crippen LogP contribution in [0.2, 0.25) is 0 Å². The predicted octanol–water partition coefficient (Wildman–Crippen LogP) is 3.10. The lowest BCUT2D eigenvalue weighted by Gasteiger charge is -2.14. The molecule has 0 atom stereocenters. The van der Waals surface area contributed by atoms with E-state index in [2.05, 4.69) is 26.6 Å². The molecule has 0 saturated carbocycles. The van der Waals surface area contributed by atoms with Gasteiger partial charge in [-0.05, 0) is 25.2 Å². The van der Waals surface area contributed by atoms with Crippen LogP contribution in [0, 0.1) is 0 Å². The number of hydrogen-bond acceptors (Lipinski definition) is 2. The van der Waals surface area contributed by atoms with Crippen LogP contribution >= 0.6 is 15.9 Å². The molecular formula is C10H12BrF3N2. The summed E-state index contributed by atoms with van der Waals surface area (Å²) >= 11 is 3.03. The Morgan fingerprint density at radius 3 is 2.50 bits per heavy atom. The molecule has 0 radical (unpaired) electrons. The largest absolute Gasteiger partial charge is 0.418 e. The minimum atomic E-state index is -4.34. The minimum absolute atomic E-state index is 0.103. The van der Waals surface area contributed by atoms with Crippen LogP contribution in [0.5, 0.6) is 0 Å². The summed E-state index contributed by atoms with van der Waals surface area (Å²) in [4.78, 5) is 0. The molecule has 0 aliphatic heterocycles. The summed E-state index contributed by atoms with van der Waals surface area (Å²) in [5, 5.41) is 5.60. The SMILES string of the molecule is CNCCNc1ccc(Br)cc1C(F)(F)F. The van der Waals surface area contributed by atoms with Crippen molar-refractivity contribution in [3.63, 3.8) is 0 Å². The Balaban J connectivity index is 2.90. The van der Waals surface area contributed by atoms with E-state index in [0.29, 0.717) is 17.6 Å². The maximum Gasteiger partial charge on any atom is 0.418 e. The maximum absolute atomic E-state index is 12.7. The van der Waals surface area contributed by atoms with Gasteiger partial charge in [0.25, 0.3) is 0 Å². The van der Waals surface area contributed by atoms with E-state index in [4.69, 9.17) is 0 Å². The van der Waals surface area contributed by atoms with Gasteiger partial charge in [-0.2, -0.15) is 13.2 Å². The highest BCUT2D eigenvalue weighted by Crippen LogP contribution is 2.36. The fraction of sp³-hybridized carbons (Fsp3) is 0.400.